The van der Waals surface area contributed by atoms with E-state index in [4.69, 9.17) is 11.6 Å². The van der Waals surface area contributed by atoms with Gasteiger partial charge in [0, 0.05) is 55.9 Å². The molecule has 0 aliphatic carbocycles. The Kier molecular flexibility index (Phi) is 8.56. The van der Waals surface area contributed by atoms with Crippen molar-refractivity contribution in [3.63, 3.8) is 0 Å². The molecule has 2 amide bonds. The van der Waals surface area contributed by atoms with Gasteiger partial charge in [-0.05, 0) is 36.6 Å². The standard InChI is InChI=1S/C20H29ClN4O2.ClH/c1-14(2)18(23-19(26)15-3-5-16(21)6-4-15)20(27)25-10-7-17(13-25)24-11-8-22-9-12-24;/h3-6,14,17-18,22H,7-13H2,1-2H3,(H,23,26);1H. The number of piperazine rings is 1. The zero-order valence-electron chi connectivity index (χ0n) is 16.5. The maximum absolute atomic E-state index is 13.1. The van der Waals surface area contributed by atoms with E-state index in [0.29, 0.717) is 16.6 Å². The summed E-state index contributed by atoms with van der Waals surface area (Å²) in [6.45, 7) is 9.53. The summed E-state index contributed by atoms with van der Waals surface area (Å²) in [6.07, 6.45) is 1.00. The molecule has 2 aliphatic rings. The summed E-state index contributed by atoms with van der Waals surface area (Å²) < 4.78 is 0. The molecule has 2 N–H and O–H groups in total. The normalized spacial score (nSPS) is 21.3. The molecule has 0 radical (unpaired) electrons. The summed E-state index contributed by atoms with van der Waals surface area (Å²) in [5, 5.41) is 6.88. The Morgan fingerprint density at radius 1 is 1.14 bits per heavy atom. The number of hydrogen-bond acceptors (Lipinski definition) is 4. The van der Waals surface area contributed by atoms with Crippen molar-refractivity contribution in [2.45, 2.75) is 32.4 Å². The lowest BCUT2D eigenvalue weighted by Crippen LogP contribution is -2.52. The zero-order chi connectivity index (χ0) is 19.4. The van der Waals surface area contributed by atoms with E-state index in [1.54, 1.807) is 24.3 Å². The minimum absolute atomic E-state index is 0. The van der Waals surface area contributed by atoms with Crippen molar-refractivity contribution in [2.24, 2.45) is 5.92 Å². The van der Waals surface area contributed by atoms with Crippen LogP contribution in [0.2, 0.25) is 5.02 Å². The number of nitrogens with one attached hydrogen (secondary N) is 2. The summed E-state index contributed by atoms with van der Waals surface area (Å²) >= 11 is 5.89. The van der Waals surface area contributed by atoms with E-state index in [2.05, 4.69) is 15.5 Å². The van der Waals surface area contributed by atoms with E-state index in [9.17, 15) is 9.59 Å². The third-order valence-corrected chi connectivity index (χ3v) is 5.72. The molecule has 2 aliphatic heterocycles. The quantitative estimate of drug-likeness (QED) is 0.752. The molecule has 8 heteroatoms. The first kappa shape index (κ1) is 22.9. The predicted molar refractivity (Wildman–Crippen MR) is 114 cm³/mol. The summed E-state index contributed by atoms with van der Waals surface area (Å²) in [6, 6.07) is 6.62. The first-order valence-electron chi connectivity index (χ1n) is 9.75. The Balaban J connectivity index is 0.00000280. The Bertz CT molecular complexity index is 663. The largest absolute Gasteiger partial charge is 0.340 e. The minimum atomic E-state index is -0.519. The van der Waals surface area contributed by atoms with Crippen LogP contribution in [-0.4, -0.2) is 73.0 Å². The van der Waals surface area contributed by atoms with Crippen LogP contribution in [0.3, 0.4) is 0 Å². The summed E-state index contributed by atoms with van der Waals surface area (Å²) in [4.78, 5) is 30.0. The van der Waals surface area contributed by atoms with E-state index in [-0.39, 0.29) is 30.1 Å². The van der Waals surface area contributed by atoms with E-state index in [1.165, 1.54) is 0 Å². The monoisotopic (exact) mass is 428 g/mol. The molecular formula is C20H30Cl2N4O2. The van der Waals surface area contributed by atoms with E-state index in [1.807, 2.05) is 18.7 Å². The predicted octanol–water partition coefficient (Wildman–Crippen LogP) is 2.02. The molecule has 0 aromatic heterocycles. The number of likely N-dealkylation sites (tertiary alicyclic amines) is 1. The molecule has 1 aromatic carbocycles. The van der Waals surface area contributed by atoms with Gasteiger partial charge in [0.25, 0.3) is 5.91 Å². The molecule has 2 heterocycles. The smallest absolute Gasteiger partial charge is 0.251 e. The van der Waals surface area contributed by atoms with Crippen LogP contribution in [0.4, 0.5) is 0 Å². The number of carbonyl (C=O) groups is 2. The van der Waals surface area contributed by atoms with E-state index >= 15 is 0 Å². The second-order valence-corrected chi connectivity index (χ2v) is 8.15. The number of carbonyl (C=O) groups excluding carboxylic acids is 2. The van der Waals surface area contributed by atoms with Crippen molar-refractivity contribution in [1.82, 2.24) is 20.4 Å². The van der Waals surface area contributed by atoms with Gasteiger partial charge in [0.2, 0.25) is 5.91 Å². The SMILES string of the molecule is CC(C)C(NC(=O)c1ccc(Cl)cc1)C(=O)N1CCC(N2CCNCC2)C1.Cl. The molecule has 2 saturated heterocycles. The fourth-order valence-corrected chi connectivity index (χ4v) is 3.95. The first-order valence-corrected chi connectivity index (χ1v) is 10.1. The molecule has 3 rings (SSSR count). The van der Waals surface area contributed by atoms with E-state index in [0.717, 1.165) is 45.7 Å². The Labute approximate surface area is 178 Å². The molecule has 2 unspecified atom stereocenters. The number of halogens is 2. The fourth-order valence-electron chi connectivity index (χ4n) is 3.82. The van der Waals surface area contributed by atoms with Crippen molar-refractivity contribution in [2.75, 3.05) is 39.3 Å². The highest BCUT2D eigenvalue weighted by atomic mass is 35.5. The Morgan fingerprint density at radius 3 is 2.39 bits per heavy atom. The average molecular weight is 429 g/mol. The highest BCUT2D eigenvalue weighted by Crippen LogP contribution is 2.19. The molecule has 0 spiro atoms. The number of amides is 2. The highest BCUT2D eigenvalue weighted by molar-refractivity contribution is 6.30. The van der Waals surface area contributed by atoms with E-state index < -0.39 is 6.04 Å². The highest BCUT2D eigenvalue weighted by Gasteiger charge is 2.35. The second-order valence-electron chi connectivity index (χ2n) is 7.71. The molecule has 2 atom stereocenters. The van der Waals surface area contributed by atoms with Crippen LogP contribution in [0.5, 0.6) is 0 Å². The van der Waals surface area contributed by atoms with Gasteiger partial charge in [-0.3, -0.25) is 14.5 Å². The van der Waals surface area contributed by atoms with Crippen LogP contribution < -0.4 is 10.6 Å². The Morgan fingerprint density at radius 2 is 1.79 bits per heavy atom. The summed E-state index contributed by atoms with van der Waals surface area (Å²) in [7, 11) is 0. The van der Waals surface area contributed by atoms with Crippen molar-refractivity contribution in [3.8, 4) is 0 Å². The van der Waals surface area contributed by atoms with Gasteiger partial charge in [-0.1, -0.05) is 25.4 Å². The molecule has 156 valence electrons. The lowest BCUT2D eigenvalue weighted by atomic mass is 10.0. The maximum atomic E-state index is 13.1. The molecular weight excluding hydrogens is 399 g/mol. The van der Waals surface area contributed by atoms with Gasteiger partial charge in [-0.2, -0.15) is 0 Å². The summed E-state index contributed by atoms with van der Waals surface area (Å²) in [5.41, 5.74) is 0.512. The number of rotatable bonds is 5. The summed E-state index contributed by atoms with van der Waals surface area (Å²) in [5.74, 6) is -0.200. The first-order chi connectivity index (χ1) is 13.0. The van der Waals surface area contributed by atoms with Gasteiger partial charge in [0.05, 0.1) is 0 Å². The topological polar surface area (TPSA) is 64.7 Å². The van der Waals surface area contributed by atoms with Crippen molar-refractivity contribution >= 4 is 35.8 Å². The van der Waals surface area contributed by atoms with Crippen LogP contribution in [0.15, 0.2) is 24.3 Å². The van der Waals surface area contributed by atoms with Crippen LogP contribution in [0.25, 0.3) is 0 Å². The fraction of sp³-hybridized carbons (Fsp3) is 0.600. The molecule has 6 nitrogen and oxygen atoms in total. The maximum Gasteiger partial charge on any atom is 0.251 e. The van der Waals surface area contributed by atoms with Crippen LogP contribution in [-0.2, 0) is 4.79 Å². The number of nitrogens with zero attached hydrogens (tertiary/aromatic N) is 2. The van der Waals surface area contributed by atoms with Crippen molar-refractivity contribution < 1.29 is 9.59 Å². The van der Waals surface area contributed by atoms with Gasteiger partial charge >= 0.3 is 0 Å². The molecule has 0 bridgehead atoms. The van der Waals surface area contributed by atoms with Crippen LogP contribution in [0.1, 0.15) is 30.6 Å². The molecule has 28 heavy (non-hydrogen) atoms. The molecule has 2 fully saturated rings. The van der Waals surface area contributed by atoms with Crippen molar-refractivity contribution in [1.29, 1.82) is 0 Å². The van der Waals surface area contributed by atoms with Gasteiger partial charge < -0.3 is 15.5 Å². The minimum Gasteiger partial charge on any atom is -0.340 e. The number of benzene rings is 1. The van der Waals surface area contributed by atoms with Gasteiger partial charge in [0.15, 0.2) is 0 Å². The lowest BCUT2D eigenvalue weighted by Gasteiger charge is -2.33. The lowest BCUT2D eigenvalue weighted by molar-refractivity contribution is -0.133. The van der Waals surface area contributed by atoms with Crippen molar-refractivity contribution in [3.05, 3.63) is 34.9 Å². The molecule has 0 saturated carbocycles. The van der Waals surface area contributed by atoms with Gasteiger partial charge in [-0.25, -0.2) is 0 Å². The van der Waals surface area contributed by atoms with Gasteiger partial charge in [-0.15, -0.1) is 12.4 Å². The average Bonchev–Trinajstić information content (AvgIpc) is 3.16. The van der Waals surface area contributed by atoms with Crippen LogP contribution in [0, 0.1) is 5.92 Å². The Hall–Kier alpha value is -1.34. The second kappa shape index (κ2) is 10.4. The zero-order valence-corrected chi connectivity index (χ0v) is 18.1. The van der Waals surface area contributed by atoms with Gasteiger partial charge in [0.1, 0.15) is 6.04 Å². The molecule has 1 aromatic rings. The number of hydrogen-bond donors (Lipinski definition) is 2. The third-order valence-electron chi connectivity index (χ3n) is 5.47. The van der Waals surface area contributed by atoms with Crippen LogP contribution >= 0.6 is 24.0 Å². The third kappa shape index (κ3) is 5.60.